The average Bonchev–Trinajstić information content (AvgIpc) is 2.48. The van der Waals surface area contributed by atoms with Crippen molar-refractivity contribution in [1.82, 2.24) is 5.43 Å². The second-order valence-corrected chi connectivity index (χ2v) is 4.35. The quantitative estimate of drug-likeness (QED) is 0.185. The van der Waals surface area contributed by atoms with Crippen molar-refractivity contribution < 1.29 is 9.90 Å². The molecule has 0 aliphatic rings. The highest BCUT2D eigenvalue weighted by Gasteiger charge is 2.08. The number of nitrogen functional groups attached to an aromatic ring is 1. The Kier molecular flexibility index (Phi) is 4.05. The van der Waals surface area contributed by atoms with E-state index in [1.165, 1.54) is 12.1 Å². The van der Waals surface area contributed by atoms with Crippen LogP contribution in [0.3, 0.4) is 0 Å². The predicted octanol–water partition coefficient (Wildman–Crippen LogP) is 0.718. The lowest BCUT2D eigenvalue weighted by Gasteiger charge is -2.09. The van der Waals surface area contributed by atoms with Gasteiger partial charge in [0, 0.05) is 11.3 Å². The molecule has 0 bridgehead atoms. The summed E-state index contributed by atoms with van der Waals surface area (Å²) in [5, 5.41) is 12.4. The van der Waals surface area contributed by atoms with E-state index in [4.69, 9.17) is 22.5 Å². The number of carboxylic acid groups (broad SMARTS) is 1. The molecule has 0 aliphatic heterocycles. The van der Waals surface area contributed by atoms with Crippen LogP contribution in [0.4, 0.5) is 5.69 Å². The Balaban J connectivity index is 2.46. The molecule has 7 nitrogen and oxygen atoms in total. The number of rotatable bonds is 3. The topological polar surface area (TPSA) is 140 Å². The Hall–Kier alpha value is -3.06. The fraction of sp³-hybridized carbons (Fsp3) is 0. The number of aromatic carboxylic acids is 1. The summed E-state index contributed by atoms with van der Waals surface area (Å²) >= 11 is 0. The van der Waals surface area contributed by atoms with Crippen molar-refractivity contribution >= 4 is 17.5 Å². The van der Waals surface area contributed by atoms with Gasteiger partial charge < -0.3 is 22.1 Å². The van der Waals surface area contributed by atoms with Crippen LogP contribution >= 0.6 is 0 Å². The van der Waals surface area contributed by atoms with Crippen molar-refractivity contribution in [2.24, 2.45) is 16.8 Å². The van der Waals surface area contributed by atoms with Crippen LogP contribution in [0.1, 0.15) is 15.9 Å². The number of nitrogens with two attached hydrogens (primary N) is 3. The van der Waals surface area contributed by atoms with E-state index in [1.54, 1.807) is 30.3 Å². The molecule has 0 radical (unpaired) electrons. The minimum absolute atomic E-state index is 0.218. The first-order valence-corrected chi connectivity index (χ1v) is 6.04. The van der Waals surface area contributed by atoms with Gasteiger partial charge >= 0.3 is 5.97 Å². The molecular weight excluding hydrogens is 270 g/mol. The van der Waals surface area contributed by atoms with E-state index in [9.17, 15) is 4.79 Å². The Morgan fingerprint density at radius 2 is 1.71 bits per heavy atom. The van der Waals surface area contributed by atoms with Crippen molar-refractivity contribution in [2.75, 3.05) is 5.73 Å². The Morgan fingerprint density at radius 3 is 2.24 bits per heavy atom. The lowest BCUT2D eigenvalue weighted by Crippen LogP contribution is -2.32. The summed E-state index contributed by atoms with van der Waals surface area (Å²) in [6, 6.07) is 11.7. The summed E-state index contributed by atoms with van der Waals surface area (Å²) in [5.41, 5.74) is 11.2. The van der Waals surface area contributed by atoms with Gasteiger partial charge in [-0.1, -0.05) is 12.1 Å². The molecule has 0 saturated heterocycles. The van der Waals surface area contributed by atoms with Crippen molar-refractivity contribution in [3.63, 3.8) is 0 Å². The summed E-state index contributed by atoms with van der Waals surface area (Å²) in [6.45, 7) is 0. The number of anilines is 1. The molecule has 2 aromatic carbocycles. The first-order chi connectivity index (χ1) is 10.0. The summed E-state index contributed by atoms with van der Waals surface area (Å²) in [6.07, 6.45) is 0. The minimum atomic E-state index is -0.973. The number of hydrogen-bond donors (Lipinski definition) is 5. The molecule has 0 amide bonds. The normalized spacial score (nSPS) is 11.2. The van der Waals surface area contributed by atoms with Crippen LogP contribution in [0.5, 0.6) is 0 Å². The van der Waals surface area contributed by atoms with E-state index in [0.717, 1.165) is 11.1 Å². The molecule has 2 rings (SSSR count). The predicted molar refractivity (Wildman–Crippen MR) is 81.3 cm³/mol. The van der Waals surface area contributed by atoms with Crippen molar-refractivity contribution in [1.29, 1.82) is 0 Å². The molecule has 0 saturated carbocycles. The third-order valence-electron chi connectivity index (χ3n) is 2.96. The third kappa shape index (κ3) is 3.10. The number of nitrogens with zero attached hydrogens (tertiary/aromatic N) is 1. The highest BCUT2D eigenvalue weighted by atomic mass is 16.4. The molecule has 0 heterocycles. The number of hydrogen-bond acceptors (Lipinski definition) is 5. The monoisotopic (exact) mass is 285 g/mol. The molecule has 0 aliphatic carbocycles. The van der Waals surface area contributed by atoms with Crippen LogP contribution in [0.15, 0.2) is 47.6 Å². The molecule has 0 unspecified atom stereocenters. The van der Waals surface area contributed by atoms with Crippen molar-refractivity contribution in [3.05, 3.63) is 53.6 Å². The maximum Gasteiger partial charge on any atom is 0.335 e. The Bertz CT molecular complexity index is 695. The lowest BCUT2D eigenvalue weighted by atomic mass is 10.0. The van der Waals surface area contributed by atoms with E-state index in [-0.39, 0.29) is 5.56 Å². The molecule has 0 fully saturated rings. The van der Waals surface area contributed by atoms with E-state index < -0.39 is 5.97 Å². The number of hydrazine groups is 1. The van der Waals surface area contributed by atoms with Gasteiger partial charge in [0.05, 0.1) is 5.56 Å². The number of carbonyl (C=O) groups is 1. The molecule has 7 heteroatoms. The maximum absolute atomic E-state index is 10.9. The van der Waals surface area contributed by atoms with Gasteiger partial charge in [0.15, 0.2) is 5.84 Å². The first kappa shape index (κ1) is 14.4. The van der Waals surface area contributed by atoms with Gasteiger partial charge in [0.2, 0.25) is 0 Å². The first-order valence-electron chi connectivity index (χ1n) is 6.04. The van der Waals surface area contributed by atoms with Gasteiger partial charge in [0.1, 0.15) is 0 Å². The second-order valence-electron chi connectivity index (χ2n) is 4.35. The summed E-state index contributed by atoms with van der Waals surface area (Å²) in [4.78, 5) is 10.9. The molecule has 8 N–H and O–H groups in total. The number of nitrogens with one attached hydrogen (secondary N) is 1. The zero-order chi connectivity index (χ0) is 15.4. The number of benzene rings is 2. The van der Waals surface area contributed by atoms with E-state index in [0.29, 0.717) is 17.1 Å². The lowest BCUT2D eigenvalue weighted by molar-refractivity contribution is 0.0697. The van der Waals surface area contributed by atoms with Crippen LogP contribution in [0.25, 0.3) is 11.1 Å². The van der Waals surface area contributed by atoms with Gasteiger partial charge in [-0.05, 0) is 41.5 Å². The third-order valence-corrected chi connectivity index (χ3v) is 2.96. The van der Waals surface area contributed by atoms with Gasteiger partial charge in [-0.2, -0.15) is 5.10 Å². The highest BCUT2D eigenvalue weighted by molar-refractivity contribution is 6.00. The Labute approximate surface area is 121 Å². The van der Waals surface area contributed by atoms with Gasteiger partial charge in [-0.15, -0.1) is 0 Å². The molecule has 2 aromatic rings. The molecular formula is C14H15N5O2. The molecule has 108 valence electrons. The summed E-state index contributed by atoms with van der Waals surface area (Å²) in [7, 11) is 0. The van der Waals surface area contributed by atoms with Crippen molar-refractivity contribution in [2.45, 2.75) is 0 Å². The molecule has 21 heavy (non-hydrogen) atoms. The number of carboxylic acids is 1. The van der Waals surface area contributed by atoms with Crippen LogP contribution in [-0.4, -0.2) is 16.9 Å². The van der Waals surface area contributed by atoms with E-state index in [2.05, 4.69) is 10.5 Å². The maximum atomic E-state index is 10.9. The van der Waals surface area contributed by atoms with E-state index >= 15 is 0 Å². The minimum Gasteiger partial charge on any atom is -0.478 e. The average molecular weight is 285 g/mol. The van der Waals surface area contributed by atoms with Crippen LogP contribution in [-0.2, 0) is 0 Å². The summed E-state index contributed by atoms with van der Waals surface area (Å²) in [5.74, 6) is 9.91. The zero-order valence-electron chi connectivity index (χ0n) is 11.1. The van der Waals surface area contributed by atoms with Crippen molar-refractivity contribution in [3.8, 4) is 11.1 Å². The number of hydrazone groups is 1. The second kappa shape index (κ2) is 5.93. The zero-order valence-corrected chi connectivity index (χ0v) is 11.1. The highest BCUT2D eigenvalue weighted by Crippen LogP contribution is 2.24. The van der Waals surface area contributed by atoms with Crippen LogP contribution in [0, 0.1) is 0 Å². The fourth-order valence-corrected chi connectivity index (χ4v) is 1.96. The largest absolute Gasteiger partial charge is 0.478 e. The molecule has 0 spiro atoms. The smallest absolute Gasteiger partial charge is 0.335 e. The van der Waals surface area contributed by atoms with Gasteiger partial charge in [0.25, 0.3) is 0 Å². The Morgan fingerprint density at radius 1 is 1.05 bits per heavy atom. The SMILES string of the molecule is N/N=C(\NN)c1cc(N)cc(-c2ccc(C(=O)O)cc2)c1. The van der Waals surface area contributed by atoms with Crippen LogP contribution in [0.2, 0.25) is 0 Å². The standard InChI is InChI=1S/C14H15N5O2/c15-12-6-10(5-11(7-12)13(18-16)19-17)8-1-3-9(4-2-8)14(20)21/h1-7H,15-17H2,(H,18,19)(H,20,21). The summed E-state index contributed by atoms with van der Waals surface area (Å²) < 4.78 is 0. The molecule has 0 aromatic heterocycles. The van der Waals surface area contributed by atoms with Gasteiger partial charge in [-0.3, -0.25) is 0 Å². The molecule has 0 atom stereocenters. The van der Waals surface area contributed by atoms with E-state index in [1.807, 2.05) is 0 Å². The van der Waals surface area contributed by atoms with Gasteiger partial charge in [-0.25, -0.2) is 10.6 Å². The van der Waals surface area contributed by atoms with Crippen LogP contribution < -0.4 is 22.8 Å². The number of amidine groups is 1. The fourth-order valence-electron chi connectivity index (χ4n) is 1.96.